The SMILES string of the molecule is CCCc1nc(CC)c(C(=O)O)cc1-c1ccccc1F. The number of hydrogen-bond donors (Lipinski definition) is 1. The smallest absolute Gasteiger partial charge is 0.337 e. The Labute approximate surface area is 123 Å². The molecule has 0 aliphatic carbocycles. The topological polar surface area (TPSA) is 50.2 Å². The fraction of sp³-hybridized carbons (Fsp3) is 0.294. The van der Waals surface area contributed by atoms with Crippen molar-refractivity contribution in [2.75, 3.05) is 0 Å². The lowest BCUT2D eigenvalue weighted by Gasteiger charge is -2.13. The monoisotopic (exact) mass is 287 g/mol. The van der Waals surface area contributed by atoms with Crippen LogP contribution in [0.1, 0.15) is 42.0 Å². The lowest BCUT2D eigenvalue weighted by atomic mass is 9.97. The van der Waals surface area contributed by atoms with Gasteiger partial charge in [0, 0.05) is 16.8 Å². The predicted octanol–water partition coefficient (Wildman–Crippen LogP) is 4.10. The summed E-state index contributed by atoms with van der Waals surface area (Å²) in [5.74, 6) is -1.39. The van der Waals surface area contributed by atoms with Crippen LogP contribution in [-0.4, -0.2) is 16.1 Å². The van der Waals surface area contributed by atoms with Gasteiger partial charge in [0.2, 0.25) is 0 Å². The molecular formula is C17H18FNO2. The third-order valence-corrected chi connectivity index (χ3v) is 3.40. The molecule has 0 fully saturated rings. The number of aromatic nitrogens is 1. The molecule has 2 rings (SSSR count). The molecule has 1 aromatic carbocycles. The number of pyridine rings is 1. The fourth-order valence-electron chi connectivity index (χ4n) is 2.39. The van der Waals surface area contributed by atoms with Gasteiger partial charge >= 0.3 is 5.97 Å². The summed E-state index contributed by atoms with van der Waals surface area (Å²) in [6.45, 7) is 3.89. The molecule has 3 nitrogen and oxygen atoms in total. The second-order valence-corrected chi connectivity index (χ2v) is 4.87. The van der Waals surface area contributed by atoms with Crippen molar-refractivity contribution in [3.05, 3.63) is 53.1 Å². The van der Waals surface area contributed by atoms with Gasteiger partial charge in [0.15, 0.2) is 0 Å². The van der Waals surface area contributed by atoms with Crippen LogP contribution in [0, 0.1) is 5.82 Å². The zero-order valence-corrected chi connectivity index (χ0v) is 12.2. The van der Waals surface area contributed by atoms with Crippen molar-refractivity contribution in [1.82, 2.24) is 4.98 Å². The normalized spacial score (nSPS) is 10.6. The fourth-order valence-corrected chi connectivity index (χ4v) is 2.39. The Balaban J connectivity index is 2.70. The number of carbonyl (C=O) groups is 1. The number of nitrogens with zero attached hydrogens (tertiary/aromatic N) is 1. The lowest BCUT2D eigenvalue weighted by molar-refractivity contribution is 0.0695. The van der Waals surface area contributed by atoms with Crippen molar-refractivity contribution in [3.8, 4) is 11.1 Å². The molecular weight excluding hydrogens is 269 g/mol. The molecule has 0 spiro atoms. The van der Waals surface area contributed by atoms with Crippen LogP contribution >= 0.6 is 0 Å². The highest BCUT2D eigenvalue weighted by molar-refractivity contribution is 5.91. The first-order chi connectivity index (χ1) is 10.1. The Kier molecular flexibility index (Phi) is 4.68. The molecule has 4 heteroatoms. The molecule has 0 aliphatic heterocycles. The molecule has 0 unspecified atom stereocenters. The van der Waals surface area contributed by atoms with Crippen LogP contribution in [0.3, 0.4) is 0 Å². The van der Waals surface area contributed by atoms with Crippen LogP contribution in [0.15, 0.2) is 30.3 Å². The van der Waals surface area contributed by atoms with E-state index in [1.807, 2.05) is 13.8 Å². The Hall–Kier alpha value is -2.23. The van der Waals surface area contributed by atoms with Crippen molar-refractivity contribution in [3.63, 3.8) is 0 Å². The van der Waals surface area contributed by atoms with Gasteiger partial charge in [-0.15, -0.1) is 0 Å². The summed E-state index contributed by atoms with van der Waals surface area (Å²) in [4.78, 5) is 15.9. The first-order valence-corrected chi connectivity index (χ1v) is 7.09. The molecule has 0 atom stereocenters. The zero-order valence-electron chi connectivity index (χ0n) is 12.2. The van der Waals surface area contributed by atoms with Gasteiger partial charge in [-0.2, -0.15) is 0 Å². The molecule has 0 saturated carbocycles. The van der Waals surface area contributed by atoms with E-state index < -0.39 is 5.97 Å². The van der Waals surface area contributed by atoms with Gasteiger partial charge in [0.25, 0.3) is 0 Å². The highest BCUT2D eigenvalue weighted by Crippen LogP contribution is 2.28. The number of halogens is 1. The number of carboxylic acid groups (broad SMARTS) is 1. The maximum Gasteiger partial charge on any atom is 0.337 e. The van der Waals surface area contributed by atoms with E-state index in [4.69, 9.17) is 0 Å². The molecule has 0 amide bonds. The number of benzene rings is 1. The number of aryl methyl sites for hydroxylation is 2. The summed E-state index contributed by atoms with van der Waals surface area (Å²) in [5, 5.41) is 9.32. The van der Waals surface area contributed by atoms with Gasteiger partial charge in [-0.25, -0.2) is 9.18 Å². The standard InChI is InChI=1S/C17H18FNO2/c1-3-7-16-12(11-8-5-6-9-14(11)18)10-13(17(20)21)15(4-2)19-16/h5-6,8-10H,3-4,7H2,1-2H3,(H,20,21). The summed E-state index contributed by atoms with van der Waals surface area (Å²) < 4.78 is 14.0. The van der Waals surface area contributed by atoms with Crippen LogP contribution in [0.25, 0.3) is 11.1 Å². The van der Waals surface area contributed by atoms with Crippen LogP contribution in [-0.2, 0) is 12.8 Å². The van der Waals surface area contributed by atoms with Crippen LogP contribution < -0.4 is 0 Å². The molecule has 110 valence electrons. The highest BCUT2D eigenvalue weighted by atomic mass is 19.1. The van der Waals surface area contributed by atoms with E-state index in [1.54, 1.807) is 24.3 Å². The minimum atomic E-state index is -1.03. The van der Waals surface area contributed by atoms with Crippen molar-refractivity contribution >= 4 is 5.97 Å². The van der Waals surface area contributed by atoms with E-state index in [0.29, 0.717) is 29.7 Å². The Morgan fingerprint density at radius 2 is 1.90 bits per heavy atom. The maximum atomic E-state index is 14.0. The zero-order chi connectivity index (χ0) is 15.4. The van der Waals surface area contributed by atoms with Gasteiger partial charge in [0.1, 0.15) is 5.82 Å². The lowest BCUT2D eigenvalue weighted by Crippen LogP contribution is -2.08. The second kappa shape index (κ2) is 6.48. The Morgan fingerprint density at radius 1 is 1.19 bits per heavy atom. The maximum absolute atomic E-state index is 14.0. The number of rotatable bonds is 5. The van der Waals surface area contributed by atoms with Crippen molar-refractivity contribution in [2.45, 2.75) is 33.1 Å². The largest absolute Gasteiger partial charge is 0.478 e. The van der Waals surface area contributed by atoms with Gasteiger partial charge in [-0.1, -0.05) is 38.5 Å². The summed E-state index contributed by atoms with van der Waals surface area (Å²) in [5.41, 5.74) is 2.43. The molecule has 0 aliphatic rings. The molecule has 2 aromatic rings. The third kappa shape index (κ3) is 3.10. The quantitative estimate of drug-likeness (QED) is 0.900. The molecule has 1 aromatic heterocycles. The highest BCUT2D eigenvalue weighted by Gasteiger charge is 2.17. The summed E-state index contributed by atoms with van der Waals surface area (Å²) in [6, 6.07) is 7.94. The molecule has 21 heavy (non-hydrogen) atoms. The molecule has 1 heterocycles. The first kappa shape index (κ1) is 15.2. The Bertz CT molecular complexity index is 668. The van der Waals surface area contributed by atoms with E-state index in [-0.39, 0.29) is 11.4 Å². The third-order valence-electron chi connectivity index (χ3n) is 3.40. The first-order valence-electron chi connectivity index (χ1n) is 7.09. The van der Waals surface area contributed by atoms with Crippen molar-refractivity contribution in [1.29, 1.82) is 0 Å². The van der Waals surface area contributed by atoms with E-state index >= 15 is 0 Å². The summed E-state index contributed by atoms with van der Waals surface area (Å²) >= 11 is 0. The minimum absolute atomic E-state index is 0.149. The predicted molar refractivity (Wildman–Crippen MR) is 80.0 cm³/mol. The summed E-state index contributed by atoms with van der Waals surface area (Å²) in [6.07, 6.45) is 2.09. The van der Waals surface area contributed by atoms with Crippen LogP contribution in [0.4, 0.5) is 4.39 Å². The molecule has 0 saturated heterocycles. The Morgan fingerprint density at radius 3 is 2.48 bits per heavy atom. The van der Waals surface area contributed by atoms with E-state index in [0.717, 1.165) is 12.1 Å². The molecule has 0 bridgehead atoms. The number of hydrogen-bond acceptors (Lipinski definition) is 2. The number of carboxylic acids is 1. The van der Waals surface area contributed by atoms with Gasteiger partial charge in [0.05, 0.1) is 11.3 Å². The minimum Gasteiger partial charge on any atom is -0.478 e. The summed E-state index contributed by atoms with van der Waals surface area (Å²) in [7, 11) is 0. The van der Waals surface area contributed by atoms with Gasteiger partial charge < -0.3 is 5.11 Å². The van der Waals surface area contributed by atoms with Crippen molar-refractivity contribution in [2.24, 2.45) is 0 Å². The average Bonchev–Trinajstić information content (AvgIpc) is 2.47. The van der Waals surface area contributed by atoms with Crippen LogP contribution in [0.5, 0.6) is 0 Å². The van der Waals surface area contributed by atoms with E-state index in [9.17, 15) is 14.3 Å². The molecule has 1 N–H and O–H groups in total. The number of aromatic carboxylic acids is 1. The van der Waals surface area contributed by atoms with E-state index in [1.165, 1.54) is 6.07 Å². The van der Waals surface area contributed by atoms with Crippen LogP contribution in [0.2, 0.25) is 0 Å². The van der Waals surface area contributed by atoms with E-state index in [2.05, 4.69) is 4.98 Å². The van der Waals surface area contributed by atoms with Crippen molar-refractivity contribution < 1.29 is 14.3 Å². The average molecular weight is 287 g/mol. The second-order valence-electron chi connectivity index (χ2n) is 4.87. The van der Waals surface area contributed by atoms with Gasteiger partial charge in [-0.05, 0) is 25.0 Å². The van der Waals surface area contributed by atoms with Gasteiger partial charge in [-0.3, -0.25) is 4.98 Å². The molecule has 0 radical (unpaired) electrons.